The molecule has 0 spiro atoms. The van der Waals surface area contributed by atoms with Crippen LogP contribution in [0, 0.1) is 13.8 Å². The Kier molecular flexibility index (Phi) is 4.87. The number of aryl methyl sites for hydroxylation is 1. The lowest BCUT2D eigenvalue weighted by atomic mass is 10.0. The first-order valence-electron chi connectivity index (χ1n) is 6.89. The lowest BCUT2D eigenvalue weighted by Gasteiger charge is -2.20. The van der Waals surface area contributed by atoms with Crippen molar-refractivity contribution >= 4 is 17.5 Å². The summed E-state index contributed by atoms with van der Waals surface area (Å²) in [5, 5.41) is 0.716. The van der Waals surface area contributed by atoms with Crippen LogP contribution in [-0.4, -0.2) is 16.8 Å². The standard InChI is InChI=1S/C16H22OS/c1-12-7-6-10-15(13(12)2)16(17)11-18-14-8-4-3-5-9-14/h6-7,10,14H,3-5,8-9,11H2,1-2H3. The Morgan fingerprint density at radius 3 is 2.67 bits per heavy atom. The summed E-state index contributed by atoms with van der Waals surface area (Å²) < 4.78 is 0. The Hall–Kier alpha value is -0.760. The van der Waals surface area contributed by atoms with Gasteiger partial charge in [0.1, 0.15) is 0 Å². The number of benzene rings is 1. The summed E-state index contributed by atoms with van der Waals surface area (Å²) in [7, 11) is 0. The number of Topliss-reactive ketones (excluding diaryl/α,β-unsaturated/α-hetero) is 1. The summed E-state index contributed by atoms with van der Waals surface area (Å²) in [6.07, 6.45) is 6.65. The molecule has 1 aliphatic rings. The first-order chi connectivity index (χ1) is 8.68. The van der Waals surface area contributed by atoms with Gasteiger partial charge in [0, 0.05) is 10.8 Å². The molecule has 0 amide bonds. The van der Waals surface area contributed by atoms with Gasteiger partial charge in [0.05, 0.1) is 5.75 Å². The van der Waals surface area contributed by atoms with Crippen molar-refractivity contribution in [3.8, 4) is 0 Å². The van der Waals surface area contributed by atoms with E-state index in [1.807, 2.05) is 30.8 Å². The van der Waals surface area contributed by atoms with Gasteiger partial charge in [-0.1, -0.05) is 37.5 Å². The lowest BCUT2D eigenvalue weighted by Crippen LogP contribution is -2.13. The number of thioether (sulfide) groups is 1. The molecule has 18 heavy (non-hydrogen) atoms. The van der Waals surface area contributed by atoms with Gasteiger partial charge in [-0.15, -0.1) is 0 Å². The minimum atomic E-state index is 0.298. The fourth-order valence-electron chi connectivity index (χ4n) is 2.56. The van der Waals surface area contributed by atoms with Crippen molar-refractivity contribution in [1.82, 2.24) is 0 Å². The molecular weight excluding hydrogens is 240 g/mol. The van der Waals surface area contributed by atoms with E-state index >= 15 is 0 Å². The second-order valence-electron chi connectivity index (χ2n) is 5.24. The fourth-order valence-corrected chi connectivity index (χ4v) is 3.77. The van der Waals surface area contributed by atoms with Gasteiger partial charge in [-0.25, -0.2) is 0 Å². The zero-order chi connectivity index (χ0) is 13.0. The minimum absolute atomic E-state index is 0.298. The molecule has 1 fully saturated rings. The second kappa shape index (κ2) is 6.42. The number of rotatable bonds is 4. The summed E-state index contributed by atoms with van der Waals surface area (Å²) in [6, 6.07) is 6.02. The zero-order valence-electron chi connectivity index (χ0n) is 11.4. The van der Waals surface area contributed by atoms with E-state index < -0.39 is 0 Å². The molecule has 1 aliphatic carbocycles. The van der Waals surface area contributed by atoms with Crippen LogP contribution in [0.25, 0.3) is 0 Å². The first-order valence-corrected chi connectivity index (χ1v) is 7.94. The highest BCUT2D eigenvalue weighted by Crippen LogP contribution is 2.29. The molecule has 0 atom stereocenters. The predicted octanol–water partition coefficient (Wildman–Crippen LogP) is 4.55. The van der Waals surface area contributed by atoms with Crippen LogP contribution in [0.15, 0.2) is 18.2 Å². The molecule has 0 aromatic heterocycles. The van der Waals surface area contributed by atoms with Gasteiger partial charge in [-0.3, -0.25) is 4.79 Å². The van der Waals surface area contributed by atoms with Crippen LogP contribution >= 0.6 is 11.8 Å². The molecule has 1 nitrogen and oxygen atoms in total. The van der Waals surface area contributed by atoms with E-state index in [1.54, 1.807) is 0 Å². The Balaban J connectivity index is 1.93. The van der Waals surface area contributed by atoms with E-state index in [-0.39, 0.29) is 0 Å². The molecule has 0 aliphatic heterocycles. The van der Waals surface area contributed by atoms with Gasteiger partial charge in [-0.2, -0.15) is 11.8 Å². The van der Waals surface area contributed by atoms with Crippen molar-refractivity contribution < 1.29 is 4.79 Å². The van der Waals surface area contributed by atoms with E-state index in [4.69, 9.17) is 0 Å². The lowest BCUT2D eigenvalue weighted by molar-refractivity contribution is 0.102. The van der Waals surface area contributed by atoms with E-state index in [9.17, 15) is 4.79 Å². The Morgan fingerprint density at radius 1 is 1.22 bits per heavy atom. The highest BCUT2D eigenvalue weighted by molar-refractivity contribution is 8.00. The largest absolute Gasteiger partial charge is 0.293 e. The Bertz CT molecular complexity index is 419. The summed E-state index contributed by atoms with van der Waals surface area (Å²) in [5.41, 5.74) is 3.27. The van der Waals surface area contributed by atoms with Gasteiger partial charge in [-0.05, 0) is 37.8 Å². The van der Waals surface area contributed by atoms with E-state index in [2.05, 4.69) is 13.0 Å². The number of hydrogen-bond donors (Lipinski definition) is 0. The van der Waals surface area contributed by atoms with Gasteiger partial charge < -0.3 is 0 Å². The van der Waals surface area contributed by atoms with Gasteiger partial charge in [0.15, 0.2) is 5.78 Å². The van der Waals surface area contributed by atoms with Crippen LogP contribution in [0.1, 0.15) is 53.6 Å². The highest BCUT2D eigenvalue weighted by atomic mass is 32.2. The van der Waals surface area contributed by atoms with Crippen molar-refractivity contribution in [3.05, 3.63) is 34.9 Å². The Labute approximate surface area is 114 Å². The maximum absolute atomic E-state index is 12.2. The van der Waals surface area contributed by atoms with Gasteiger partial charge in [0.2, 0.25) is 0 Å². The van der Waals surface area contributed by atoms with Crippen molar-refractivity contribution in [2.45, 2.75) is 51.2 Å². The van der Waals surface area contributed by atoms with E-state index in [1.165, 1.54) is 37.7 Å². The fraction of sp³-hybridized carbons (Fsp3) is 0.562. The van der Waals surface area contributed by atoms with Crippen LogP contribution in [0.5, 0.6) is 0 Å². The number of hydrogen-bond acceptors (Lipinski definition) is 2. The third-order valence-electron chi connectivity index (χ3n) is 3.91. The normalized spacial score (nSPS) is 16.8. The molecule has 0 heterocycles. The van der Waals surface area contributed by atoms with Crippen molar-refractivity contribution in [2.24, 2.45) is 0 Å². The van der Waals surface area contributed by atoms with E-state index in [0.717, 1.165) is 11.1 Å². The van der Waals surface area contributed by atoms with Gasteiger partial charge in [0.25, 0.3) is 0 Å². The topological polar surface area (TPSA) is 17.1 Å². The maximum Gasteiger partial charge on any atom is 0.173 e. The maximum atomic E-state index is 12.2. The quantitative estimate of drug-likeness (QED) is 0.740. The molecule has 1 saturated carbocycles. The number of ketones is 1. The summed E-state index contributed by atoms with van der Waals surface area (Å²) in [6.45, 7) is 4.12. The third-order valence-corrected chi connectivity index (χ3v) is 5.28. The average Bonchev–Trinajstić information content (AvgIpc) is 2.40. The molecule has 0 N–H and O–H groups in total. The smallest absolute Gasteiger partial charge is 0.173 e. The molecular formula is C16H22OS. The first kappa shape index (κ1) is 13.7. The average molecular weight is 262 g/mol. The van der Waals surface area contributed by atoms with Crippen molar-refractivity contribution in [3.63, 3.8) is 0 Å². The van der Waals surface area contributed by atoms with Crippen LogP contribution in [-0.2, 0) is 0 Å². The monoisotopic (exact) mass is 262 g/mol. The molecule has 0 radical (unpaired) electrons. The molecule has 2 rings (SSSR count). The van der Waals surface area contributed by atoms with Crippen LogP contribution in [0.3, 0.4) is 0 Å². The van der Waals surface area contributed by atoms with E-state index in [0.29, 0.717) is 16.8 Å². The number of carbonyl (C=O) groups is 1. The van der Waals surface area contributed by atoms with Crippen LogP contribution in [0.4, 0.5) is 0 Å². The zero-order valence-corrected chi connectivity index (χ0v) is 12.2. The van der Waals surface area contributed by atoms with Crippen molar-refractivity contribution in [1.29, 1.82) is 0 Å². The molecule has 98 valence electrons. The summed E-state index contributed by atoms with van der Waals surface area (Å²) in [5.74, 6) is 0.946. The summed E-state index contributed by atoms with van der Waals surface area (Å²) >= 11 is 1.87. The SMILES string of the molecule is Cc1cccc(C(=O)CSC2CCCCC2)c1C. The molecule has 0 saturated heterocycles. The number of carbonyl (C=O) groups excluding carboxylic acids is 1. The molecule has 0 unspecified atom stereocenters. The third kappa shape index (κ3) is 3.38. The molecule has 1 aromatic carbocycles. The minimum Gasteiger partial charge on any atom is -0.293 e. The highest BCUT2D eigenvalue weighted by Gasteiger charge is 2.17. The van der Waals surface area contributed by atoms with Crippen molar-refractivity contribution in [2.75, 3.05) is 5.75 Å². The molecule has 2 heteroatoms. The van der Waals surface area contributed by atoms with Gasteiger partial charge >= 0.3 is 0 Å². The predicted molar refractivity (Wildman–Crippen MR) is 79.6 cm³/mol. The van der Waals surface area contributed by atoms with Crippen LogP contribution in [0.2, 0.25) is 0 Å². The second-order valence-corrected chi connectivity index (χ2v) is 6.53. The van der Waals surface area contributed by atoms with Crippen LogP contribution < -0.4 is 0 Å². The molecule has 1 aromatic rings. The molecule has 0 bridgehead atoms. The Morgan fingerprint density at radius 2 is 1.94 bits per heavy atom. The summed E-state index contributed by atoms with van der Waals surface area (Å²) in [4.78, 5) is 12.2.